The van der Waals surface area contributed by atoms with Crippen LogP contribution in [0.3, 0.4) is 0 Å². The lowest BCUT2D eigenvalue weighted by molar-refractivity contribution is -0.122. The van der Waals surface area contributed by atoms with E-state index >= 15 is 0 Å². The molecule has 2 atom stereocenters. The van der Waals surface area contributed by atoms with E-state index in [1.165, 1.54) is 0 Å². The third-order valence-corrected chi connectivity index (χ3v) is 5.27. The highest BCUT2D eigenvalue weighted by Crippen LogP contribution is 2.27. The first-order valence-corrected chi connectivity index (χ1v) is 10.0. The fourth-order valence-corrected chi connectivity index (χ4v) is 3.65. The third-order valence-electron chi connectivity index (χ3n) is 5.27. The normalized spacial score (nSPS) is 20.6. The number of aliphatic hydroxyl groups excluding tert-OH is 1. The van der Waals surface area contributed by atoms with Gasteiger partial charge in [0.2, 0.25) is 0 Å². The second kappa shape index (κ2) is 11.2. The summed E-state index contributed by atoms with van der Waals surface area (Å²) in [5.74, 6) is 1.61. The Morgan fingerprint density at radius 2 is 2.11 bits per heavy atom. The van der Waals surface area contributed by atoms with Gasteiger partial charge in [0.1, 0.15) is 11.5 Å². The molecule has 1 fully saturated rings. The van der Waals surface area contributed by atoms with Crippen LogP contribution in [0.5, 0.6) is 11.5 Å². The largest absolute Gasteiger partial charge is 0.496 e. The molecule has 2 N–H and O–H groups in total. The summed E-state index contributed by atoms with van der Waals surface area (Å²) in [5.41, 5.74) is 1.02. The first-order chi connectivity index (χ1) is 13.5. The number of carbonyl (C=O) groups is 1. The molecular formula is C21H35N3O4. The summed E-state index contributed by atoms with van der Waals surface area (Å²) < 4.78 is 11.2. The minimum Gasteiger partial charge on any atom is -0.496 e. The number of nitrogens with one attached hydrogen (secondary N) is 1. The first-order valence-electron chi connectivity index (χ1n) is 10.0. The summed E-state index contributed by atoms with van der Waals surface area (Å²) in [6.45, 7) is 5.18. The average Bonchev–Trinajstić information content (AvgIpc) is 2.89. The van der Waals surface area contributed by atoms with Crippen molar-refractivity contribution < 1.29 is 19.4 Å². The zero-order chi connectivity index (χ0) is 20.5. The Labute approximate surface area is 168 Å². The van der Waals surface area contributed by atoms with Gasteiger partial charge in [0.15, 0.2) is 6.61 Å². The Morgan fingerprint density at radius 3 is 2.75 bits per heavy atom. The number of benzene rings is 1. The van der Waals surface area contributed by atoms with Gasteiger partial charge in [-0.15, -0.1) is 0 Å². The maximum Gasteiger partial charge on any atom is 0.257 e. The Hall–Kier alpha value is -1.83. The lowest BCUT2D eigenvalue weighted by Crippen LogP contribution is -2.39. The number of amides is 1. The van der Waals surface area contributed by atoms with Crippen LogP contribution in [0, 0.1) is 5.92 Å². The van der Waals surface area contributed by atoms with Gasteiger partial charge in [0.25, 0.3) is 5.91 Å². The molecule has 0 aliphatic carbocycles. The molecule has 28 heavy (non-hydrogen) atoms. The number of aliphatic hydroxyl groups is 1. The molecule has 1 aliphatic rings. The van der Waals surface area contributed by atoms with Crippen molar-refractivity contribution in [3.8, 4) is 11.5 Å². The molecule has 1 aromatic rings. The molecule has 0 aromatic heterocycles. The van der Waals surface area contributed by atoms with Gasteiger partial charge in [-0.05, 0) is 58.0 Å². The fourth-order valence-electron chi connectivity index (χ4n) is 3.65. The van der Waals surface area contributed by atoms with Crippen molar-refractivity contribution >= 4 is 5.91 Å². The van der Waals surface area contributed by atoms with Crippen molar-refractivity contribution in [3.63, 3.8) is 0 Å². The number of likely N-dealkylation sites (N-methyl/N-ethyl adjacent to an activating group) is 2. The van der Waals surface area contributed by atoms with Gasteiger partial charge in [-0.2, -0.15) is 0 Å². The van der Waals surface area contributed by atoms with Gasteiger partial charge >= 0.3 is 0 Å². The van der Waals surface area contributed by atoms with E-state index in [9.17, 15) is 9.90 Å². The number of methoxy groups -OCH3 is 1. The Kier molecular flexibility index (Phi) is 9.02. The van der Waals surface area contributed by atoms with Crippen LogP contribution >= 0.6 is 0 Å². The molecule has 158 valence electrons. The molecule has 1 aromatic carbocycles. The van der Waals surface area contributed by atoms with Crippen LogP contribution in [0.25, 0.3) is 0 Å². The van der Waals surface area contributed by atoms with Crippen LogP contribution in [-0.4, -0.2) is 80.9 Å². The van der Waals surface area contributed by atoms with Crippen molar-refractivity contribution in [3.05, 3.63) is 23.8 Å². The Bertz CT molecular complexity index is 624. The van der Waals surface area contributed by atoms with E-state index in [2.05, 4.69) is 29.2 Å². The molecule has 1 saturated heterocycles. The van der Waals surface area contributed by atoms with Crippen LogP contribution < -0.4 is 14.8 Å². The van der Waals surface area contributed by atoms with Crippen LogP contribution in [-0.2, 0) is 11.3 Å². The van der Waals surface area contributed by atoms with Gasteiger partial charge in [-0.25, -0.2) is 0 Å². The molecule has 7 nitrogen and oxygen atoms in total. The minimum absolute atomic E-state index is 0.00138. The molecule has 1 amide bonds. The SMILES string of the molecule is CCNC(=O)COc1ccc(OC)c(CN2C[C@@H](CO)CC[C@@H](N(C)C)C2)c1. The maximum absolute atomic E-state index is 11.7. The van der Waals surface area contributed by atoms with E-state index in [1.54, 1.807) is 7.11 Å². The Morgan fingerprint density at radius 1 is 1.32 bits per heavy atom. The van der Waals surface area contributed by atoms with Crippen molar-refractivity contribution in [1.82, 2.24) is 15.1 Å². The highest BCUT2D eigenvalue weighted by atomic mass is 16.5. The molecule has 0 radical (unpaired) electrons. The van der Waals surface area contributed by atoms with Crippen LogP contribution in [0.1, 0.15) is 25.3 Å². The topological polar surface area (TPSA) is 74.3 Å². The molecule has 1 heterocycles. The van der Waals surface area contributed by atoms with Gasteiger partial charge in [0, 0.05) is 44.4 Å². The lowest BCUT2D eigenvalue weighted by atomic mass is 10.0. The van der Waals surface area contributed by atoms with Crippen molar-refractivity contribution in [2.24, 2.45) is 5.92 Å². The molecule has 0 spiro atoms. The zero-order valence-corrected chi connectivity index (χ0v) is 17.6. The minimum atomic E-state index is -0.132. The number of carbonyl (C=O) groups excluding carboxylic acids is 1. The standard InChI is InChI=1S/C21H35N3O4/c1-5-22-21(26)15-28-19-8-9-20(27-4)17(10-19)12-24-11-16(14-25)6-7-18(13-24)23(2)3/h8-10,16,18,25H,5-7,11-15H2,1-4H3,(H,22,26)/t16-,18+/m0/s1. The first kappa shape index (κ1) is 22.5. The monoisotopic (exact) mass is 393 g/mol. The van der Waals surface area contributed by atoms with Crippen LogP contribution in [0.4, 0.5) is 0 Å². The predicted molar refractivity (Wildman–Crippen MR) is 110 cm³/mol. The van der Waals surface area contributed by atoms with Gasteiger partial charge < -0.3 is 24.8 Å². The highest BCUT2D eigenvalue weighted by molar-refractivity contribution is 5.77. The molecule has 1 aliphatic heterocycles. The second-order valence-corrected chi connectivity index (χ2v) is 7.65. The maximum atomic E-state index is 11.7. The van der Waals surface area contributed by atoms with Crippen molar-refractivity contribution in [2.75, 3.05) is 54.1 Å². The summed E-state index contributed by atoms with van der Waals surface area (Å²) in [6.07, 6.45) is 2.12. The molecule has 7 heteroatoms. The number of ether oxygens (including phenoxy) is 2. The Balaban J connectivity index is 2.12. The summed E-state index contributed by atoms with van der Waals surface area (Å²) in [4.78, 5) is 16.3. The third kappa shape index (κ3) is 6.65. The zero-order valence-electron chi connectivity index (χ0n) is 17.6. The highest BCUT2D eigenvalue weighted by Gasteiger charge is 2.25. The number of hydrogen-bond donors (Lipinski definition) is 2. The molecule has 0 unspecified atom stereocenters. The predicted octanol–water partition coefficient (Wildman–Crippen LogP) is 1.34. The van der Waals surface area contributed by atoms with Gasteiger partial charge in [-0.1, -0.05) is 0 Å². The number of rotatable bonds is 9. The molecule has 0 saturated carbocycles. The van der Waals surface area contributed by atoms with E-state index < -0.39 is 0 Å². The van der Waals surface area contributed by atoms with Crippen molar-refractivity contribution in [2.45, 2.75) is 32.4 Å². The van der Waals surface area contributed by atoms with Crippen LogP contribution in [0.15, 0.2) is 18.2 Å². The molecule has 2 rings (SSSR count). The van der Waals surface area contributed by atoms with Crippen LogP contribution in [0.2, 0.25) is 0 Å². The quantitative estimate of drug-likeness (QED) is 0.660. The smallest absolute Gasteiger partial charge is 0.257 e. The summed E-state index contributed by atoms with van der Waals surface area (Å²) in [7, 11) is 5.88. The number of likely N-dealkylation sites (tertiary alicyclic amines) is 1. The number of hydrogen-bond acceptors (Lipinski definition) is 6. The average molecular weight is 394 g/mol. The van der Waals surface area contributed by atoms with Gasteiger partial charge in [0.05, 0.1) is 7.11 Å². The summed E-state index contributed by atoms with van der Waals surface area (Å²) in [5, 5.41) is 12.4. The lowest BCUT2D eigenvalue weighted by Gasteiger charge is -2.29. The fraction of sp³-hybridized carbons (Fsp3) is 0.667. The van der Waals surface area contributed by atoms with E-state index in [1.807, 2.05) is 25.1 Å². The van der Waals surface area contributed by atoms with E-state index in [0.717, 1.165) is 37.2 Å². The van der Waals surface area contributed by atoms with E-state index in [4.69, 9.17) is 9.47 Å². The van der Waals surface area contributed by atoms with Gasteiger partial charge in [-0.3, -0.25) is 9.69 Å². The van der Waals surface area contributed by atoms with E-state index in [-0.39, 0.29) is 25.0 Å². The molecular weight excluding hydrogens is 358 g/mol. The van der Waals surface area contributed by atoms with E-state index in [0.29, 0.717) is 24.9 Å². The summed E-state index contributed by atoms with van der Waals surface area (Å²) >= 11 is 0. The second-order valence-electron chi connectivity index (χ2n) is 7.65. The number of nitrogens with zero attached hydrogens (tertiary/aromatic N) is 2. The summed E-state index contributed by atoms with van der Waals surface area (Å²) in [6, 6.07) is 6.11. The van der Waals surface area contributed by atoms with Crippen molar-refractivity contribution in [1.29, 1.82) is 0 Å². The molecule has 0 bridgehead atoms.